The number of rotatable bonds is 7. The zero-order valence-corrected chi connectivity index (χ0v) is 16.3. The van der Waals surface area contributed by atoms with E-state index < -0.39 is 0 Å². The second-order valence-electron chi connectivity index (χ2n) is 6.38. The van der Waals surface area contributed by atoms with E-state index >= 15 is 0 Å². The Bertz CT molecular complexity index is 1130. The molecular weight excluding hydrogens is 368 g/mol. The van der Waals surface area contributed by atoms with E-state index in [2.05, 4.69) is 15.4 Å². The quantitative estimate of drug-likeness (QED) is 0.468. The minimum Gasteiger partial charge on any atom is -0.497 e. The van der Waals surface area contributed by atoms with Gasteiger partial charge in [0, 0.05) is 19.2 Å². The Morgan fingerprint density at radius 3 is 2.62 bits per heavy atom. The highest BCUT2D eigenvalue weighted by Crippen LogP contribution is 2.34. The lowest BCUT2D eigenvalue weighted by Gasteiger charge is -2.09. The van der Waals surface area contributed by atoms with E-state index in [0.29, 0.717) is 41.6 Å². The maximum absolute atomic E-state index is 6.50. The van der Waals surface area contributed by atoms with E-state index in [1.807, 2.05) is 54.6 Å². The SMILES string of the molecule is COCCNc1nc(-c2cccc(OC)c2)c2c(N)n(-c3ccccc3)nc2n1. The van der Waals surface area contributed by atoms with Crippen LogP contribution in [0.2, 0.25) is 0 Å². The fraction of sp³-hybridized carbons (Fsp3) is 0.190. The molecule has 0 unspecified atom stereocenters. The first kappa shape index (κ1) is 18.7. The van der Waals surface area contributed by atoms with Crippen molar-refractivity contribution < 1.29 is 9.47 Å². The molecule has 0 bridgehead atoms. The topological polar surface area (TPSA) is 100 Å². The first-order valence-corrected chi connectivity index (χ1v) is 9.20. The molecule has 3 N–H and O–H groups in total. The Morgan fingerprint density at radius 1 is 1.03 bits per heavy atom. The van der Waals surface area contributed by atoms with Gasteiger partial charge in [0.25, 0.3) is 0 Å². The second-order valence-corrected chi connectivity index (χ2v) is 6.38. The van der Waals surface area contributed by atoms with Gasteiger partial charge in [0.1, 0.15) is 11.6 Å². The van der Waals surface area contributed by atoms with Crippen molar-refractivity contribution >= 4 is 22.8 Å². The van der Waals surface area contributed by atoms with Crippen LogP contribution < -0.4 is 15.8 Å². The van der Waals surface area contributed by atoms with Crippen LogP contribution in [0.1, 0.15) is 0 Å². The molecular formula is C21H22N6O2. The number of anilines is 2. The smallest absolute Gasteiger partial charge is 0.225 e. The molecule has 4 aromatic rings. The molecule has 0 saturated heterocycles. The largest absolute Gasteiger partial charge is 0.497 e. The van der Waals surface area contributed by atoms with Crippen LogP contribution >= 0.6 is 0 Å². The molecule has 2 aromatic heterocycles. The van der Waals surface area contributed by atoms with Gasteiger partial charge in [-0.1, -0.05) is 30.3 Å². The number of methoxy groups -OCH3 is 2. The van der Waals surface area contributed by atoms with Crippen molar-refractivity contribution in [3.63, 3.8) is 0 Å². The van der Waals surface area contributed by atoms with Gasteiger partial charge in [-0.2, -0.15) is 4.98 Å². The Balaban J connectivity index is 1.91. The van der Waals surface area contributed by atoms with E-state index in [9.17, 15) is 0 Å². The summed E-state index contributed by atoms with van der Waals surface area (Å²) in [5, 5.41) is 8.51. The number of nitrogen functional groups attached to an aromatic ring is 1. The molecule has 0 fully saturated rings. The Morgan fingerprint density at radius 2 is 1.86 bits per heavy atom. The van der Waals surface area contributed by atoms with Crippen molar-refractivity contribution in [2.45, 2.75) is 0 Å². The van der Waals surface area contributed by atoms with Crippen LogP contribution in [-0.4, -0.2) is 47.1 Å². The van der Waals surface area contributed by atoms with Gasteiger partial charge in [0.05, 0.1) is 30.5 Å². The molecule has 8 heteroatoms. The highest BCUT2D eigenvalue weighted by Gasteiger charge is 2.19. The van der Waals surface area contributed by atoms with E-state index in [1.165, 1.54) is 0 Å². The van der Waals surface area contributed by atoms with Crippen LogP contribution in [0.15, 0.2) is 54.6 Å². The fourth-order valence-electron chi connectivity index (χ4n) is 3.10. The lowest BCUT2D eigenvalue weighted by Crippen LogP contribution is -2.10. The zero-order valence-electron chi connectivity index (χ0n) is 16.3. The molecule has 0 aliphatic rings. The average molecular weight is 390 g/mol. The average Bonchev–Trinajstić information content (AvgIpc) is 3.10. The van der Waals surface area contributed by atoms with Gasteiger partial charge in [-0.05, 0) is 24.3 Å². The molecule has 29 heavy (non-hydrogen) atoms. The molecule has 0 spiro atoms. The van der Waals surface area contributed by atoms with Crippen LogP contribution in [0.3, 0.4) is 0 Å². The molecule has 2 aromatic carbocycles. The first-order valence-electron chi connectivity index (χ1n) is 9.20. The van der Waals surface area contributed by atoms with Gasteiger partial charge in [0.15, 0.2) is 5.65 Å². The minimum atomic E-state index is 0.463. The first-order chi connectivity index (χ1) is 14.2. The maximum atomic E-state index is 6.50. The van der Waals surface area contributed by atoms with Gasteiger partial charge in [0.2, 0.25) is 5.95 Å². The summed E-state index contributed by atoms with van der Waals surface area (Å²) in [6.07, 6.45) is 0. The van der Waals surface area contributed by atoms with E-state index in [4.69, 9.17) is 20.2 Å². The van der Waals surface area contributed by atoms with Gasteiger partial charge in [-0.25, -0.2) is 9.67 Å². The lowest BCUT2D eigenvalue weighted by molar-refractivity contribution is 0.210. The second kappa shape index (κ2) is 8.15. The Labute approximate surface area is 168 Å². The van der Waals surface area contributed by atoms with Crippen molar-refractivity contribution in [1.29, 1.82) is 0 Å². The summed E-state index contributed by atoms with van der Waals surface area (Å²) in [7, 11) is 3.28. The maximum Gasteiger partial charge on any atom is 0.225 e. The highest BCUT2D eigenvalue weighted by molar-refractivity contribution is 5.99. The number of para-hydroxylation sites is 1. The monoisotopic (exact) mass is 390 g/mol. The van der Waals surface area contributed by atoms with E-state index in [1.54, 1.807) is 18.9 Å². The predicted octanol–water partition coefficient (Wildman–Crippen LogP) is 3.13. The summed E-state index contributed by atoms with van der Waals surface area (Å²) in [6.45, 7) is 1.12. The molecule has 0 radical (unpaired) electrons. The Hall–Kier alpha value is -3.65. The number of fused-ring (bicyclic) bond motifs is 1. The normalized spacial score (nSPS) is 11.0. The standard InChI is InChI=1S/C21H22N6O2/c1-28-12-11-23-21-24-18(14-7-6-10-16(13-14)29-2)17-19(22)27(26-20(17)25-21)15-8-4-3-5-9-15/h3-10,13H,11-12,22H2,1-2H3,(H,23,25,26). The van der Waals surface area contributed by atoms with Crippen molar-refractivity contribution in [2.75, 3.05) is 38.4 Å². The number of benzene rings is 2. The van der Waals surface area contributed by atoms with Gasteiger partial charge in [-0.3, -0.25) is 0 Å². The van der Waals surface area contributed by atoms with Crippen LogP contribution in [0, 0.1) is 0 Å². The molecule has 4 rings (SSSR count). The summed E-state index contributed by atoms with van der Waals surface area (Å²) in [5.41, 5.74) is 9.42. The number of hydrogen-bond donors (Lipinski definition) is 2. The molecule has 2 heterocycles. The number of ether oxygens (including phenoxy) is 2. The number of nitrogens with one attached hydrogen (secondary N) is 1. The van der Waals surface area contributed by atoms with Crippen molar-refractivity contribution in [2.24, 2.45) is 0 Å². The van der Waals surface area contributed by atoms with Gasteiger partial charge >= 0.3 is 0 Å². The molecule has 0 saturated carbocycles. The molecule has 0 amide bonds. The predicted molar refractivity (Wildman–Crippen MR) is 113 cm³/mol. The van der Waals surface area contributed by atoms with E-state index in [-0.39, 0.29) is 0 Å². The number of nitrogens with two attached hydrogens (primary N) is 1. The third-order valence-corrected chi connectivity index (χ3v) is 4.50. The third-order valence-electron chi connectivity index (χ3n) is 4.50. The van der Waals surface area contributed by atoms with Crippen LogP contribution in [-0.2, 0) is 4.74 Å². The summed E-state index contributed by atoms with van der Waals surface area (Å²) >= 11 is 0. The number of nitrogens with zero attached hydrogens (tertiary/aromatic N) is 4. The highest BCUT2D eigenvalue weighted by atomic mass is 16.5. The van der Waals surface area contributed by atoms with Crippen LogP contribution in [0.5, 0.6) is 5.75 Å². The molecule has 0 aliphatic carbocycles. The van der Waals surface area contributed by atoms with Gasteiger partial charge in [-0.15, -0.1) is 5.10 Å². The Kier molecular flexibility index (Phi) is 5.26. The molecule has 148 valence electrons. The lowest BCUT2D eigenvalue weighted by atomic mass is 10.1. The van der Waals surface area contributed by atoms with E-state index in [0.717, 1.165) is 17.0 Å². The summed E-state index contributed by atoms with van der Waals surface area (Å²) < 4.78 is 12.2. The number of aromatic nitrogens is 4. The minimum absolute atomic E-state index is 0.463. The zero-order chi connectivity index (χ0) is 20.2. The summed E-state index contributed by atoms with van der Waals surface area (Å²) in [4.78, 5) is 9.28. The van der Waals surface area contributed by atoms with Crippen LogP contribution in [0.4, 0.5) is 11.8 Å². The van der Waals surface area contributed by atoms with Crippen molar-refractivity contribution in [3.8, 4) is 22.7 Å². The number of hydrogen-bond acceptors (Lipinski definition) is 7. The summed E-state index contributed by atoms with van der Waals surface area (Å²) in [5.74, 6) is 1.68. The van der Waals surface area contributed by atoms with Gasteiger partial charge < -0.3 is 20.5 Å². The van der Waals surface area contributed by atoms with Crippen LogP contribution in [0.25, 0.3) is 28.0 Å². The van der Waals surface area contributed by atoms with Crippen molar-refractivity contribution in [1.82, 2.24) is 19.7 Å². The third kappa shape index (κ3) is 3.70. The molecule has 8 nitrogen and oxygen atoms in total. The molecule has 0 atom stereocenters. The molecule has 0 aliphatic heterocycles. The summed E-state index contributed by atoms with van der Waals surface area (Å²) in [6, 6.07) is 17.4. The van der Waals surface area contributed by atoms with Crippen molar-refractivity contribution in [3.05, 3.63) is 54.6 Å². The fourth-order valence-corrected chi connectivity index (χ4v) is 3.10.